The molecule has 1 aliphatic rings. The van der Waals surface area contributed by atoms with E-state index < -0.39 is 11.8 Å². The van der Waals surface area contributed by atoms with Crippen LogP contribution < -0.4 is 14.5 Å². The molecule has 1 N–H and O–H groups in total. The van der Waals surface area contributed by atoms with Crippen LogP contribution >= 0.6 is 12.2 Å². The number of hydrogen-bond donors (Lipinski definition) is 1. The number of aromatic hydroxyl groups is 1. The molecule has 1 heterocycles. The highest BCUT2D eigenvalue weighted by atomic mass is 32.1. The number of para-hydroxylation sites is 2. The number of anilines is 2. The molecule has 154 valence electrons. The van der Waals surface area contributed by atoms with Crippen LogP contribution in [0.3, 0.4) is 0 Å². The Hall–Kier alpha value is -3.97. The van der Waals surface area contributed by atoms with Gasteiger partial charge >= 0.3 is 0 Å². The quantitative estimate of drug-likeness (QED) is 0.383. The van der Waals surface area contributed by atoms with Crippen molar-refractivity contribution in [1.29, 1.82) is 0 Å². The third-order valence-corrected chi connectivity index (χ3v) is 5.18. The summed E-state index contributed by atoms with van der Waals surface area (Å²) < 4.78 is 5.10. The number of methoxy groups -OCH3 is 1. The standard InChI is InChI=1S/C24H18N2O4S/c1-30-19-13-12-16(21(27)15-19)14-20-22(28)25(17-8-4-2-5-9-17)24(31)26(23(20)29)18-10-6-3-7-11-18/h2-15,27H,1H3. The maximum atomic E-state index is 13.4. The summed E-state index contributed by atoms with van der Waals surface area (Å²) in [6, 6.07) is 22.4. The number of thiocarbonyl (C=S) groups is 1. The van der Waals surface area contributed by atoms with Crippen LogP contribution in [0.2, 0.25) is 0 Å². The number of rotatable bonds is 4. The first-order chi connectivity index (χ1) is 15.0. The summed E-state index contributed by atoms with van der Waals surface area (Å²) in [6.45, 7) is 0. The average Bonchev–Trinajstić information content (AvgIpc) is 2.79. The van der Waals surface area contributed by atoms with E-state index in [1.807, 2.05) is 12.1 Å². The lowest BCUT2D eigenvalue weighted by Gasteiger charge is -2.36. The Morgan fingerprint density at radius 2 is 1.35 bits per heavy atom. The fourth-order valence-electron chi connectivity index (χ4n) is 3.27. The Labute approximate surface area is 184 Å². The van der Waals surface area contributed by atoms with Gasteiger partial charge in [-0.3, -0.25) is 19.4 Å². The van der Waals surface area contributed by atoms with E-state index in [9.17, 15) is 14.7 Å². The van der Waals surface area contributed by atoms with Crippen molar-refractivity contribution in [2.24, 2.45) is 0 Å². The Bertz CT molecular complexity index is 1130. The summed E-state index contributed by atoms with van der Waals surface area (Å²) in [7, 11) is 1.48. The van der Waals surface area contributed by atoms with Crippen molar-refractivity contribution in [1.82, 2.24) is 0 Å². The van der Waals surface area contributed by atoms with Crippen LogP contribution in [0, 0.1) is 0 Å². The molecule has 1 aliphatic heterocycles. The number of carbonyl (C=O) groups is 2. The SMILES string of the molecule is COc1ccc(C=C2C(=O)N(c3ccccc3)C(=S)N(c3ccccc3)C2=O)c(O)c1. The van der Waals surface area contributed by atoms with Crippen molar-refractivity contribution >= 4 is 46.6 Å². The van der Waals surface area contributed by atoms with Crippen molar-refractivity contribution in [2.45, 2.75) is 0 Å². The van der Waals surface area contributed by atoms with Crippen LogP contribution in [-0.4, -0.2) is 29.1 Å². The topological polar surface area (TPSA) is 70.1 Å². The minimum atomic E-state index is -0.566. The largest absolute Gasteiger partial charge is 0.507 e. The monoisotopic (exact) mass is 430 g/mol. The molecule has 1 fully saturated rings. The van der Waals surface area contributed by atoms with Gasteiger partial charge in [-0.2, -0.15) is 0 Å². The summed E-state index contributed by atoms with van der Waals surface area (Å²) in [5.41, 5.74) is 1.26. The van der Waals surface area contributed by atoms with Gasteiger partial charge in [0.25, 0.3) is 11.8 Å². The Kier molecular flexibility index (Phi) is 5.51. The second kappa shape index (κ2) is 8.41. The number of hydrogen-bond acceptors (Lipinski definition) is 5. The number of phenols is 1. The van der Waals surface area contributed by atoms with Gasteiger partial charge in [0.15, 0.2) is 5.11 Å². The van der Waals surface area contributed by atoms with Crippen LogP contribution in [0.5, 0.6) is 11.5 Å². The van der Waals surface area contributed by atoms with Crippen LogP contribution in [0.1, 0.15) is 5.56 Å². The maximum absolute atomic E-state index is 13.4. The van der Waals surface area contributed by atoms with Crippen molar-refractivity contribution in [3.63, 3.8) is 0 Å². The number of benzene rings is 3. The van der Waals surface area contributed by atoms with Gasteiger partial charge in [0.05, 0.1) is 18.5 Å². The third kappa shape index (κ3) is 3.78. The van der Waals surface area contributed by atoms with Crippen molar-refractivity contribution < 1.29 is 19.4 Å². The normalized spacial score (nSPS) is 14.1. The first-order valence-corrected chi connectivity index (χ1v) is 9.83. The molecule has 2 amide bonds. The Morgan fingerprint density at radius 1 is 0.839 bits per heavy atom. The van der Waals surface area contributed by atoms with E-state index in [0.717, 1.165) is 0 Å². The second-order valence-corrected chi connectivity index (χ2v) is 7.08. The molecule has 0 spiro atoms. The van der Waals surface area contributed by atoms with E-state index in [-0.39, 0.29) is 16.4 Å². The predicted octanol–water partition coefficient (Wildman–Crippen LogP) is 4.15. The summed E-state index contributed by atoms with van der Waals surface area (Å²) in [4.78, 5) is 29.4. The van der Waals surface area contributed by atoms with Gasteiger partial charge in [-0.1, -0.05) is 36.4 Å². The molecule has 3 aromatic rings. The number of amides is 2. The molecular weight excluding hydrogens is 412 g/mol. The van der Waals surface area contributed by atoms with Crippen LogP contribution in [0.25, 0.3) is 6.08 Å². The van der Waals surface area contributed by atoms with Gasteiger partial charge in [0, 0.05) is 11.6 Å². The van der Waals surface area contributed by atoms with Gasteiger partial charge in [-0.05, 0) is 54.7 Å². The lowest BCUT2D eigenvalue weighted by atomic mass is 10.0. The molecule has 0 bridgehead atoms. The zero-order valence-corrected chi connectivity index (χ0v) is 17.4. The second-order valence-electron chi connectivity index (χ2n) is 6.72. The average molecular weight is 430 g/mol. The Morgan fingerprint density at radius 3 is 1.81 bits per heavy atom. The molecule has 0 aromatic heterocycles. The van der Waals surface area contributed by atoms with E-state index in [0.29, 0.717) is 22.7 Å². The van der Waals surface area contributed by atoms with Crippen LogP contribution in [-0.2, 0) is 9.59 Å². The zero-order valence-electron chi connectivity index (χ0n) is 16.6. The minimum absolute atomic E-state index is 0.0588. The fraction of sp³-hybridized carbons (Fsp3) is 0.0417. The summed E-state index contributed by atoms with van der Waals surface area (Å²) in [5, 5.41) is 10.4. The van der Waals surface area contributed by atoms with Gasteiger partial charge < -0.3 is 9.84 Å². The summed E-state index contributed by atoms with van der Waals surface area (Å²) in [5.74, 6) is -0.788. The number of phenolic OH excluding ortho intramolecular Hbond substituents is 1. The van der Waals surface area contributed by atoms with Gasteiger partial charge in [0.2, 0.25) is 0 Å². The first-order valence-electron chi connectivity index (χ1n) is 9.43. The smallest absolute Gasteiger partial charge is 0.270 e. The van der Waals surface area contributed by atoms with Gasteiger partial charge in [-0.15, -0.1) is 0 Å². The minimum Gasteiger partial charge on any atom is -0.507 e. The van der Waals surface area contributed by atoms with Crippen molar-refractivity contribution in [2.75, 3.05) is 16.9 Å². The molecule has 0 saturated carbocycles. The number of carbonyl (C=O) groups excluding carboxylic acids is 2. The first kappa shape index (κ1) is 20.3. The van der Waals surface area contributed by atoms with E-state index >= 15 is 0 Å². The van der Waals surface area contributed by atoms with Crippen LogP contribution in [0.15, 0.2) is 84.4 Å². The van der Waals surface area contributed by atoms with Crippen LogP contribution in [0.4, 0.5) is 11.4 Å². The molecule has 31 heavy (non-hydrogen) atoms. The highest BCUT2D eigenvalue weighted by Gasteiger charge is 2.41. The molecule has 0 unspecified atom stereocenters. The highest BCUT2D eigenvalue weighted by Crippen LogP contribution is 2.31. The van der Waals surface area contributed by atoms with E-state index in [1.165, 1.54) is 29.1 Å². The molecule has 1 saturated heterocycles. The lowest BCUT2D eigenvalue weighted by Crippen LogP contribution is -2.56. The zero-order chi connectivity index (χ0) is 22.0. The summed E-state index contributed by atoms with van der Waals surface area (Å²) in [6.07, 6.45) is 1.37. The predicted molar refractivity (Wildman–Crippen MR) is 123 cm³/mol. The summed E-state index contributed by atoms with van der Waals surface area (Å²) >= 11 is 5.56. The van der Waals surface area contributed by atoms with Gasteiger partial charge in [-0.25, -0.2) is 0 Å². The molecule has 0 radical (unpaired) electrons. The van der Waals surface area contributed by atoms with E-state index in [1.54, 1.807) is 60.7 Å². The van der Waals surface area contributed by atoms with E-state index in [2.05, 4.69) is 0 Å². The Balaban J connectivity index is 1.86. The molecular formula is C24H18N2O4S. The molecule has 0 atom stereocenters. The van der Waals surface area contributed by atoms with Gasteiger partial charge in [0.1, 0.15) is 17.1 Å². The van der Waals surface area contributed by atoms with Crippen molar-refractivity contribution in [3.8, 4) is 11.5 Å². The van der Waals surface area contributed by atoms with E-state index in [4.69, 9.17) is 17.0 Å². The maximum Gasteiger partial charge on any atom is 0.270 e. The molecule has 4 rings (SSSR count). The highest BCUT2D eigenvalue weighted by molar-refractivity contribution is 7.81. The fourth-order valence-corrected chi connectivity index (χ4v) is 3.64. The third-order valence-electron chi connectivity index (χ3n) is 4.82. The number of nitrogens with zero attached hydrogens (tertiary/aromatic N) is 2. The number of ether oxygens (including phenoxy) is 1. The lowest BCUT2D eigenvalue weighted by molar-refractivity contribution is -0.120. The molecule has 6 nitrogen and oxygen atoms in total. The molecule has 0 aliphatic carbocycles. The molecule has 3 aromatic carbocycles. The van der Waals surface area contributed by atoms with Crippen molar-refractivity contribution in [3.05, 3.63) is 90.0 Å². The molecule has 7 heteroatoms.